The first kappa shape index (κ1) is 26.8. The highest BCUT2D eigenvalue weighted by Crippen LogP contribution is 2.44. The largest absolute Gasteiger partial charge is 0.479 e. The molecule has 9 nitrogen and oxygen atoms in total. The zero-order chi connectivity index (χ0) is 27.1. The van der Waals surface area contributed by atoms with E-state index in [1.807, 2.05) is 78.9 Å². The minimum atomic E-state index is -1.78. The van der Waals surface area contributed by atoms with Crippen molar-refractivity contribution in [1.29, 1.82) is 0 Å². The van der Waals surface area contributed by atoms with Crippen molar-refractivity contribution in [2.75, 3.05) is 13.2 Å². The van der Waals surface area contributed by atoms with E-state index in [9.17, 15) is 19.5 Å². The molecule has 3 aromatic carbocycles. The number of rotatable bonds is 11. The van der Waals surface area contributed by atoms with Crippen LogP contribution in [0.3, 0.4) is 0 Å². The van der Waals surface area contributed by atoms with E-state index in [4.69, 9.17) is 14.6 Å². The molecule has 2 amide bonds. The summed E-state index contributed by atoms with van der Waals surface area (Å²) in [4.78, 5) is 36.7. The van der Waals surface area contributed by atoms with Gasteiger partial charge in [0.15, 0.2) is 6.10 Å². The smallest absolute Gasteiger partial charge is 0.407 e. The summed E-state index contributed by atoms with van der Waals surface area (Å²) in [6.45, 7) is 1.34. The standard InChI is InChI=1S/C29H30N2O7/c1-18(37-16-19-9-3-2-4-10-19)26(27(33)30-15-25(32)28(34)35)31-29(36)38-17-24-22-13-7-5-11-20(22)21-12-6-8-14-23(21)24/h2-14,18,24-26,32H,15-17H2,1H3,(H,30,33)(H,31,36)(H,34,35)/t18-,25-,26+/m0/s1. The first-order valence-electron chi connectivity index (χ1n) is 12.3. The summed E-state index contributed by atoms with van der Waals surface area (Å²) in [5.41, 5.74) is 5.17. The van der Waals surface area contributed by atoms with Crippen molar-refractivity contribution in [1.82, 2.24) is 10.6 Å². The molecule has 1 aliphatic carbocycles. The van der Waals surface area contributed by atoms with Gasteiger partial charge in [0, 0.05) is 5.92 Å². The van der Waals surface area contributed by atoms with E-state index in [0.717, 1.165) is 27.8 Å². The van der Waals surface area contributed by atoms with E-state index in [0.29, 0.717) is 0 Å². The third-order valence-electron chi connectivity index (χ3n) is 6.48. The van der Waals surface area contributed by atoms with Gasteiger partial charge >= 0.3 is 12.1 Å². The number of nitrogens with one attached hydrogen (secondary N) is 2. The summed E-state index contributed by atoms with van der Waals surface area (Å²) in [7, 11) is 0. The van der Waals surface area contributed by atoms with Crippen LogP contribution in [0.15, 0.2) is 78.9 Å². The fourth-order valence-electron chi connectivity index (χ4n) is 4.46. The van der Waals surface area contributed by atoms with E-state index < -0.39 is 42.8 Å². The molecule has 38 heavy (non-hydrogen) atoms. The van der Waals surface area contributed by atoms with E-state index >= 15 is 0 Å². The Balaban J connectivity index is 1.42. The van der Waals surface area contributed by atoms with Crippen LogP contribution in [0, 0.1) is 0 Å². The fourth-order valence-corrected chi connectivity index (χ4v) is 4.46. The molecule has 0 spiro atoms. The molecule has 0 radical (unpaired) electrons. The predicted octanol–water partition coefficient (Wildman–Crippen LogP) is 3.06. The van der Waals surface area contributed by atoms with Crippen LogP contribution in [0.5, 0.6) is 0 Å². The molecule has 9 heteroatoms. The number of hydrogen-bond acceptors (Lipinski definition) is 6. The van der Waals surface area contributed by atoms with Crippen LogP contribution in [0.2, 0.25) is 0 Å². The van der Waals surface area contributed by atoms with Crippen LogP contribution in [0.4, 0.5) is 4.79 Å². The summed E-state index contributed by atoms with van der Waals surface area (Å²) >= 11 is 0. The molecule has 3 atom stereocenters. The van der Waals surface area contributed by atoms with Crippen molar-refractivity contribution in [2.45, 2.75) is 37.7 Å². The number of aliphatic carboxylic acids is 1. The second-order valence-corrected chi connectivity index (χ2v) is 9.05. The Hall–Kier alpha value is -4.21. The lowest BCUT2D eigenvalue weighted by Gasteiger charge is -2.25. The normalized spacial score (nSPS) is 14.5. The Morgan fingerprint density at radius 3 is 2.08 bits per heavy atom. The highest BCUT2D eigenvalue weighted by atomic mass is 16.5. The molecule has 4 N–H and O–H groups in total. The number of carbonyl (C=O) groups is 3. The highest BCUT2D eigenvalue weighted by molar-refractivity contribution is 5.87. The summed E-state index contributed by atoms with van der Waals surface area (Å²) < 4.78 is 11.4. The van der Waals surface area contributed by atoms with Gasteiger partial charge in [0.1, 0.15) is 12.6 Å². The topological polar surface area (TPSA) is 134 Å². The molecule has 0 bridgehead atoms. The maximum Gasteiger partial charge on any atom is 0.407 e. The van der Waals surface area contributed by atoms with Crippen molar-refractivity contribution in [2.24, 2.45) is 0 Å². The van der Waals surface area contributed by atoms with E-state index in [1.54, 1.807) is 6.92 Å². The first-order valence-corrected chi connectivity index (χ1v) is 12.3. The Labute approximate surface area is 220 Å². The number of fused-ring (bicyclic) bond motifs is 3. The van der Waals surface area contributed by atoms with E-state index in [1.165, 1.54) is 0 Å². The molecule has 0 saturated heterocycles. The monoisotopic (exact) mass is 518 g/mol. The van der Waals surface area contributed by atoms with Gasteiger partial charge in [-0.25, -0.2) is 9.59 Å². The number of carboxylic acid groups (broad SMARTS) is 1. The number of hydrogen-bond donors (Lipinski definition) is 4. The lowest BCUT2D eigenvalue weighted by Crippen LogP contribution is -2.54. The summed E-state index contributed by atoms with van der Waals surface area (Å²) in [6, 6.07) is 24.0. The highest BCUT2D eigenvalue weighted by Gasteiger charge is 2.32. The zero-order valence-electron chi connectivity index (χ0n) is 20.9. The van der Waals surface area contributed by atoms with Crippen LogP contribution < -0.4 is 10.6 Å². The number of alkyl carbamates (subject to hydrolysis) is 1. The van der Waals surface area contributed by atoms with Crippen molar-refractivity contribution in [3.05, 3.63) is 95.6 Å². The maximum absolute atomic E-state index is 12.9. The molecule has 4 rings (SSSR count). The zero-order valence-corrected chi connectivity index (χ0v) is 20.9. The van der Waals surface area contributed by atoms with Crippen molar-refractivity contribution in [3.63, 3.8) is 0 Å². The third kappa shape index (κ3) is 6.37. The molecule has 0 unspecified atom stereocenters. The average molecular weight is 519 g/mol. The molecule has 198 valence electrons. The number of amides is 2. The quantitative estimate of drug-likeness (QED) is 0.307. The van der Waals surface area contributed by atoms with Crippen LogP contribution in [-0.4, -0.2) is 59.6 Å². The van der Waals surface area contributed by atoms with Crippen LogP contribution in [0.25, 0.3) is 11.1 Å². The van der Waals surface area contributed by atoms with Crippen LogP contribution in [0.1, 0.15) is 29.5 Å². The average Bonchev–Trinajstić information content (AvgIpc) is 3.26. The number of ether oxygens (including phenoxy) is 2. The first-order chi connectivity index (χ1) is 18.3. The Morgan fingerprint density at radius 1 is 0.895 bits per heavy atom. The molecule has 0 fully saturated rings. The van der Waals surface area contributed by atoms with Gasteiger partial charge in [-0.1, -0.05) is 78.9 Å². The molecular weight excluding hydrogens is 488 g/mol. The van der Waals surface area contributed by atoms with Crippen molar-refractivity contribution < 1.29 is 34.1 Å². The van der Waals surface area contributed by atoms with Crippen LogP contribution >= 0.6 is 0 Å². The molecule has 0 aliphatic heterocycles. The number of carboxylic acids is 1. The number of aliphatic hydroxyl groups excluding tert-OH is 1. The minimum absolute atomic E-state index is 0.0607. The minimum Gasteiger partial charge on any atom is -0.479 e. The molecular formula is C29H30N2O7. The number of benzene rings is 3. The maximum atomic E-state index is 12.9. The van der Waals surface area contributed by atoms with Gasteiger partial charge in [-0.3, -0.25) is 4.79 Å². The molecule has 0 aromatic heterocycles. The second-order valence-electron chi connectivity index (χ2n) is 9.05. The second kappa shape index (κ2) is 12.4. The third-order valence-corrected chi connectivity index (χ3v) is 6.48. The van der Waals surface area contributed by atoms with Gasteiger partial charge in [0.25, 0.3) is 0 Å². The molecule has 3 aromatic rings. The van der Waals surface area contributed by atoms with Gasteiger partial charge in [0.2, 0.25) is 5.91 Å². The fraction of sp³-hybridized carbons (Fsp3) is 0.276. The Kier molecular flexibility index (Phi) is 8.73. The molecule has 0 heterocycles. The van der Waals surface area contributed by atoms with Gasteiger partial charge < -0.3 is 30.3 Å². The lowest BCUT2D eigenvalue weighted by molar-refractivity contribution is -0.146. The summed E-state index contributed by atoms with van der Waals surface area (Å²) in [6.07, 6.45) is -3.40. The Morgan fingerprint density at radius 2 is 1.47 bits per heavy atom. The van der Waals surface area contributed by atoms with E-state index in [2.05, 4.69) is 10.6 Å². The van der Waals surface area contributed by atoms with Crippen molar-refractivity contribution >= 4 is 18.0 Å². The van der Waals surface area contributed by atoms with Gasteiger partial charge in [-0.05, 0) is 34.7 Å². The van der Waals surface area contributed by atoms with Gasteiger partial charge in [-0.2, -0.15) is 0 Å². The molecule has 1 aliphatic rings. The summed E-state index contributed by atoms with van der Waals surface area (Å²) in [5, 5.41) is 23.3. The lowest BCUT2D eigenvalue weighted by atomic mass is 9.98. The molecule has 0 saturated carbocycles. The SMILES string of the molecule is C[C@H](OCc1ccccc1)[C@@H](NC(=O)OCC1c2ccccc2-c2ccccc21)C(=O)NC[C@H](O)C(=O)O. The van der Waals surface area contributed by atoms with E-state index in [-0.39, 0.29) is 19.1 Å². The van der Waals surface area contributed by atoms with Gasteiger partial charge in [0.05, 0.1) is 19.3 Å². The van der Waals surface area contributed by atoms with Gasteiger partial charge in [-0.15, -0.1) is 0 Å². The Bertz CT molecular complexity index is 1240. The number of carbonyl (C=O) groups excluding carboxylic acids is 2. The summed E-state index contributed by atoms with van der Waals surface area (Å²) in [5.74, 6) is -2.34. The predicted molar refractivity (Wildman–Crippen MR) is 139 cm³/mol. The van der Waals surface area contributed by atoms with Crippen LogP contribution in [-0.2, 0) is 25.7 Å². The van der Waals surface area contributed by atoms with Crippen molar-refractivity contribution in [3.8, 4) is 11.1 Å². The number of aliphatic hydroxyl groups is 1.